The topological polar surface area (TPSA) is 40.5 Å². The number of likely N-dealkylation sites (tertiary alicyclic amines) is 1. The summed E-state index contributed by atoms with van der Waals surface area (Å²) in [6.45, 7) is 0.745. The first-order valence-electron chi connectivity index (χ1n) is 6.93. The van der Waals surface area contributed by atoms with E-state index in [2.05, 4.69) is 0 Å². The Morgan fingerprint density at radius 2 is 2.05 bits per heavy atom. The first kappa shape index (κ1) is 14.2. The number of nitrogens with zero attached hydrogens (tertiary/aromatic N) is 1. The molecule has 0 spiro atoms. The largest absolute Gasteiger partial charge is 0.480 e. The maximum atomic E-state index is 13.2. The van der Waals surface area contributed by atoms with Crippen molar-refractivity contribution in [2.45, 2.75) is 24.9 Å². The van der Waals surface area contributed by atoms with Gasteiger partial charge in [-0.2, -0.15) is 11.3 Å². The Hall–Kier alpha value is -1.72. The van der Waals surface area contributed by atoms with Crippen LogP contribution in [0.25, 0.3) is 0 Å². The van der Waals surface area contributed by atoms with Crippen LogP contribution >= 0.6 is 11.3 Å². The molecule has 1 aromatic carbocycles. The molecule has 1 aliphatic rings. The van der Waals surface area contributed by atoms with Crippen LogP contribution in [0.2, 0.25) is 0 Å². The maximum absolute atomic E-state index is 13.2. The summed E-state index contributed by atoms with van der Waals surface area (Å²) in [5.74, 6) is -1.06. The maximum Gasteiger partial charge on any atom is 0.320 e. The van der Waals surface area contributed by atoms with Crippen LogP contribution in [0.1, 0.15) is 30.0 Å². The molecule has 5 heteroatoms. The van der Waals surface area contributed by atoms with Crippen molar-refractivity contribution >= 4 is 17.3 Å². The van der Waals surface area contributed by atoms with E-state index in [1.165, 1.54) is 12.1 Å². The Balaban J connectivity index is 2.00. The third-order valence-corrected chi connectivity index (χ3v) is 4.66. The van der Waals surface area contributed by atoms with Crippen LogP contribution < -0.4 is 0 Å². The van der Waals surface area contributed by atoms with Crippen molar-refractivity contribution in [1.29, 1.82) is 0 Å². The second kappa shape index (κ2) is 5.95. The standard InChI is InChI=1S/C16H16FNO2S/c17-13-5-3-11(4-6-13)15(12-7-9-21-10-12)18-8-1-2-14(18)16(19)20/h3-7,9-10,14-15H,1-2,8H2,(H,19,20). The van der Waals surface area contributed by atoms with E-state index < -0.39 is 12.0 Å². The van der Waals surface area contributed by atoms with E-state index in [0.29, 0.717) is 6.42 Å². The highest BCUT2D eigenvalue weighted by atomic mass is 32.1. The highest BCUT2D eigenvalue weighted by Gasteiger charge is 2.36. The van der Waals surface area contributed by atoms with Crippen LogP contribution in [0, 0.1) is 5.82 Å². The van der Waals surface area contributed by atoms with Gasteiger partial charge in [0, 0.05) is 6.54 Å². The fourth-order valence-electron chi connectivity index (χ4n) is 3.01. The van der Waals surface area contributed by atoms with Gasteiger partial charge in [-0.05, 0) is 52.9 Å². The molecule has 2 aromatic rings. The van der Waals surface area contributed by atoms with Crippen LogP contribution in [0.5, 0.6) is 0 Å². The molecular formula is C16H16FNO2S. The molecule has 2 heterocycles. The molecule has 1 fully saturated rings. The van der Waals surface area contributed by atoms with E-state index in [-0.39, 0.29) is 11.9 Å². The minimum absolute atomic E-state index is 0.125. The number of thiophene rings is 1. The molecule has 21 heavy (non-hydrogen) atoms. The van der Waals surface area contributed by atoms with Gasteiger partial charge in [-0.15, -0.1) is 0 Å². The van der Waals surface area contributed by atoms with E-state index in [1.807, 2.05) is 21.7 Å². The molecule has 0 bridgehead atoms. The van der Waals surface area contributed by atoms with Gasteiger partial charge in [0.1, 0.15) is 11.9 Å². The van der Waals surface area contributed by atoms with Gasteiger partial charge in [-0.25, -0.2) is 4.39 Å². The molecule has 1 saturated heterocycles. The van der Waals surface area contributed by atoms with Crippen LogP contribution in [0.15, 0.2) is 41.1 Å². The number of rotatable bonds is 4. The number of carboxylic acid groups (broad SMARTS) is 1. The smallest absolute Gasteiger partial charge is 0.320 e. The number of aliphatic carboxylic acids is 1. The van der Waals surface area contributed by atoms with E-state index in [1.54, 1.807) is 23.5 Å². The quantitative estimate of drug-likeness (QED) is 0.939. The molecule has 0 aliphatic carbocycles. The molecule has 3 rings (SSSR count). The second-order valence-electron chi connectivity index (χ2n) is 5.24. The Kier molecular flexibility index (Phi) is 4.03. The average Bonchev–Trinajstić information content (AvgIpc) is 3.13. The highest BCUT2D eigenvalue weighted by molar-refractivity contribution is 7.08. The van der Waals surface area contributed by atoms with Gasteiger partial charge < -0.3 is 5.11 Å². The van der Waals surface area contributed by atoms with Crippen LogP contribution in [0.4, 0.5) is 4.39 Å². The lowest BCUT2D eigenvalue weighted by atomic mass is 9.98. The lowest BCUT2D eigenvalue weighted by molar-refractivity contribution is -0.142. The predicted octanol–water partition coefficient (Wildman–Crippen LogP) is 3.53. The Labute approximate surface area is 126 Å². The Bertz CT molecular complexity index is 612. The van der Waals surface area contributed by atoms with Crippen molar-refractivity contribution in [1.82, 2.24) is 4.90 Å². The third-order valence-electron chi connectivity index (χ3n) is 3.96. The number of carboxylic acids is 1. The number of benzene rings is 1. The molecule has 2 atom stereocenters. The first-order chi connectivity index (χ1) is 10.2. The van der Waals surface area contributed by atoms with Gasteiger partial charge in [0.25, 0.3) is 0 Å². The normalized spacial score (nSPS) is 20.5. The van der Waals surface area contributed by atoms with Crippen molar-refractivity contribution in [3.05, 3.63) is 58.0 Å². The highest BCUT2D eigenvalue weighted by Crippen LogP contribution is 2.35. The van der Waals surface area contributed by atoms with Crippen molar-refractivity contribution in [2.75, 3.05) is 6.54 Å². The summed E-state index contributed by atoms with van der Waals surface area (Å²) in [5, 5.41) is 13.4. The number of halogens is 1. The summed E-state index contributed by atoms with van der Waals surface area (Å²) in [5.41, 5.74) is 2.00. The first-order valence-corrected chi connectivity index (χ1v) is 7.87. The van der Waals surface area contributed by atoms with Crippen LogP contribution in [-0.2, 0) is 4.79 Å². The fraction of sp³-hybridized carbons (Fsp3) is 0.312. The molecular weight excluding hydrogens is 289 g/mol. The van der Waals surface area contributed by atoms with E-state index >= 15 is 0 Å². The predicted molar refractivity (Wildman–Crippen MR) is 79.9 cm³/mol. The molecule has 0 amide bonds. The summed E-state index contributed by atoms with van der Waals surface area (Å²) in [6, 6.07) is 7.77. The number of hydrogen-bond donors (Lipinski definition) is 1. The van der Waals surface area contributed by atoms with Crippen LogP contribution in [-0.4, -0.2) is 28.6 Å². The molecule has 1 aromatic heterocycles. The number of hydrogen-bond acceptors (Lipinski definition) is 3. The van der Waals surface area contributed by atoms with E-state index in [0.717, 1.165) is 24.1 Å². The zero-order chi connectivity index (χ0) is 14.8. The summed E-state index contributed by atoms with van der Waals surface area (Å²) in [7, 11) is 0. The molecule has 110 valence electrons. The SMILES string of the molecule is O=C(O)C1CCCN1C(c1ccc(F)cc1)c1ccsc1. The van der Waals surface area contributed by atoms with Gasteiger partial charge in [-0.1, -0.05) is 12.1 Å². The molecule has 0 radical (unpaired) electrons. The summed E-state index contributed by atoms with van der Waals surface area (Å²) >= 11 is 1.59. The van der Waals surface area contributed by atoms with Gasteiger partial charge in [0.15, 0.2) is 0 Å². The number of carbonyl (C=O) groups is 1. The third kappa shape index (κ3) is 2.84. The van der Waals surface area contributed by atoms with Gasteiger partial charge >= 0.3 is 5.97 Å². The van der Waals surface area contributed by atoms with Crippen molar-refractivity contribution < 1.29 is 14.3 Å². The Morgan fingerprint density at radius 1 is 1.29 bits per heavy atom. The monoisotopic (exact) mass is 305 g/mol. The zero-order valence-electron chi connectivity index (χ0n) is 11.4. The molecule has 0 saturated carbocycles. The molecule has 1 aliphatic heterocycles. The Morgan fingerprint density at radius 3 is 2.67 bits per heavy atom. The van der Waals surface area contributed by atoms with Crippen LogP contribution in [0.3, 0.4) is 0 Å². The van der Waals surface area contributed by atoms with E-state index in [9.17, 15) is 14.3 Å². The summed E-state index contributed by atoms with van der Waals surface area (Å²) < 4.78 is 13.2. The minimum Gasteiger partial charge on any atom is -0.480 e. The lowest BCUT2D eigenvalue weighted by Crippen LogP contribution is -2.39. The average molecular weight is 305 g/mol. The second-order valence-corrected chi connectivity index (χ2v) is 6.02. The zero-order valence-corrected chi connectivity index (χ0v) is 12.2. The van der Waals surface area contributed by atoms with E-state index in [4.69, 9.17) is 0 Å². The summed E-state index contributed by atoms with van der Waals surface area (Å²) in [6.07, 6.45) is 1.54. The van der Waals surface area contributed by atoms with Crippen molar-refractivity contribution in [2.24, 2.45) is 0 Å². The molecule has 3 nitrogen and oxygen atoms in total. The van der Waals surface area contributed by atoms with Crippen molar-refractivity contribution in [3.8, 4) is 0 Å². The van der Waals surface area contributed by atoms with Gasteiger partial charge in [0.2, 0.25) is 0 Å². The lowest BCUT2D eigenvalue weighted by Gasteiger charge is -2.31. The van der Waals surface area contributed by atoms with Gasteiger partial charge in [-0.3, -0.25) is 9.69 Å². The van der Waals surface area contributed by atoms with Gasteiger partial charge in [0.05, 0.1) is 6.04 Å². The molecule has 2 unspecified atom stereocenters. The summed E-state index contributed by atoms with van der Waals surface area (Å²) in [4.78, 5) is 13.5. The fourth-order valence-corrected chi connectivity index (χ4v) is 3.69. The minimum atomic E-state index is -0.783. The molecule has 1 N–H and O–H groups in total. The van der Waals surface area contributed by atoms with Crippen molar-refractivity contribution in [3.63, 3.8) is 0 Å².